The summed E-state index contributed by atoms with van der Waals surface area (Å²) >= 11 is 0. The van der Waals surface area contributed by atoms with Crippen molar-refractivity contribution in [1.29, 1.82) is 0 Å². The Morgan fingerprint density at radius 2 is 1.70 bits per heavy atom. The first kappa shape index (κ1) is 31.8. The second-order valence-electron chi connectivity index (χ2n) is 14.1. The maximum absolute atomic E-state index is 16.4. The molecule has 2 unspecified atom stereocenters. The molecule has 4 saturated heterocycles. The van der Waals surface area contributed by atoms with Crippen LogP contribution in [0.3, 0.4) is 0 Å². The second kappa shape index (κ2) is 11.4. The van der Waals surface area contributed by atoms with Gasteiger partial charge in [-0.2, -0.15) is 23.1 Å². The van der Waals surface area contributed by atoms with Crippen molar-refractivity contribution in [3.8, 4) is 17.3 Å². The monoisotopic (exact) mass is 660 g/mol. The van der Waals surface area contributed by atoms with Gasteiger partial charge in [0.1, 0.15) is 40.6 Å². The maximum atomic E-state index is 16.4. The maximum Gasteiger partial charge on any atom is 0.419 e. The minimum Gasteiger partial charge on any atom is -0.461 e. The molecule has 2 bridgehead atoms. The molecule has 2 atom stereocenters. The van der Waals surface area contributed by atoms with Crippen molar-refractivity contribution in [3.63, 3.8) is 0 Å². The highest BCUT2D eigenvalue weighted by atomic mass is 19.4. The standard InChI is InChI=1S/C33H37F5N6O3/c1-31(2,3)47-30(45)44-19-9-10-20(44)17-42(16-19)28-22-15-39-26(21-7-4-8-23(34)24(21)33(36,37)38)25(35)27(22)40-29(41-28)46-18-32-11-5-13-43(32)14-6-12-32/h4,7-8,15,19-20H,5-6,9-14,16-18H2,1-3H3. The van der Waals surface area contributed by atoms with Crippen LogP contribution in [-0.2, 0) is 10.9 Å². The number of hydrogen-bond donors (Lipinski definition) is 0. The van der Waals surface area contributed by atoms with Crippen molar-refractivity contribution in [3.05, 3.63) is 41.6 Å². The highest BCUT2D eigenvalue weighted by Gasteiger charge is 2.47. The van der Waals surface area contributed by atoms with Crippen LogP contribution in [0, 0.1) is 11.6 Å². The number of halogens is 5. The van der Waals surface area contributed by atoms with Crippen molar-refractivity contribution < 1.29 is 36.2 Å². The lowest BCUT2D eigenvalue weighted by Gasteiger charge is -2.42. The lowest BCUT2D eigenvalue weighted by Crippen LogP contribution is -2.57. The molecule has 4 fully saturated rings. The van der Waals surface area contributed by atoms with Gasteiger partial charge in [0.15, 0.2) is 5.82 Å². The van der Waals surface area contributed by atoms with Crippen LogP contribution in [0.15, 0.2) is 24.4 Å². The predicted octanol–water partition coefficient (Wildman–Crippen LogP) is 6.58. The van der Waals surface area contributed by atoms with E-state index in [4.69, 9.17) is 14.5 Å². The van der Waals surface area contributed by atoms with E-state index < -0.39 is 46.3 Å². The van der Waals surface area contributed by atoms with Crippen LogP contribution >= 0.6 is 0 Å². The number of amides is 1. The number of piperazine rings is 1. The molecule has 4 aliphatic heterocycles. The van der Waals surface area contributed by atoms with Crippen molar-refractivity contribution in [2.75, 3.05) is 37.7 Å². The van der Waals surface area contributed by atoms with Crippen LogP contribution in [-0.4, -0.2) is 86.9 Å². The largest absolute Gasteiger partial charge is 0.461 e. The van der Waals surface area contributed by atoms with E-state index in [2.05, 4.69) is 14.9 Å². The summed E-state index contributed by atoms with van der Waals surface area (Å²) in [5, 5.41) is 0.176. The van der Waals surface area contributed by atoms with E-state index in [1.165, 1.54) is 6.20 Å². The number of nitrogens with zero attached hydrogens (tertiary/aromatic N) is 6. The average molecular weight is 661 g/mol. The molecular weight excluding hydrogens is 623 g/mol. The van der Waals surface area contributed by atoms with E-state index in [0.29, 0.717) is 25.0 Å². The predicted molar refractivity (Wildman–Crippen MR) is 163 cm³/mol. The molecule has 9 nitrogen and oxygen atoms in total. The summed E-state index contributed by atoms with van der Waals surface area (Å²) in [6.45, 7) is 8.39. The highest BCUT2D eigenvalue weighted by Crippen LogP contribution is 2.43. The van der Waals surface area contributed by atoms with Gasteiger partial charge in [0, 0.05) is 24.8 Å². The van der Waals surface area contributed by atoms with Crippen LogP contribution in [0.5, 0.6) is 6.01 Å². The Balaban J connectivity index is 1.29. The average Bonchev–Trinajstić information content (AvgIpc) is 3.65. The molecule has 6 heterocycles. The fourth-order valence-corrected chi connectivity index (χ4v) is 7.87. The van der Waals surface area contributed by atoms with Gasteiger partial charge in [0.05, 0.1) is 23.0 Å². The molecule has 2 aromatic heterocycles. The number of anilines is 1. The minimum atomic E-state index is -5.09. The molecule has 1 amide bonds. The number of aromatic nitrogens is 3. The fourth-order valence-electron chi connectivity index (χ4n) is 7.87. The first-order valence-electron chi connectivity index (χ1n) is 16.1. The third-order valence-electron chi connectivity index (χ3n) is 9.86. The Morgan fingerprint density at radius 1 is 1.02 bits per heavy atom. The van der Waals surface area contributed by atoms with Crippen LogP contribution in [0.25, 0.3) is 22.2 Å². The van der Waals surface area contributed by atoms with Crippen molar-refractivity contribution >= 4 is 22.8 Å². The Morgan fingerprint density at radius 3 is 2.34 bits per heavy atom. The van der Waals surface area contributed by atoms with E-state index in [-0.39, 0.29) is 41.1 Å². The first-order chi connectivity index (χ1) is 22.2. The van der Waals surface area contributed by atoms with Gasteiger partial charge in [0.25, 0.3) is 0 Å². The summed E-state index contributed by atoms with van der Waals surface area (Å²) in [7, 11) is 0. The number of carbonyl (C=O) groups is 1. The number of pyridine rings is 1. The van der Waals surface area contributed by atoms with Gasteiger partial charge in [0.2, 0.25) is 0 Å². The van der Waals surface area contributed by atoms with Crippen molar-refractivity contribution in [2.45, 2.75) is 88.7 Å². The van der Waals surface area contributed by atoms with Gasteiger partial charge >= 0.3 is 18.3 Å². The number of hydrogen-bond acceptors (Lipinski definition) is 8. The van der Waals surface area contributed by atoms with E-state index >= 15 is 4.39 Å². The van der Waals surface area contributed by atoms with Crippen molar-refractivity contribution in [1.82, 2.24) is 24.8 Å². The molecule has 1 aromatic carbocycles. The summed E-state index contributed by atoms with van der Waals surface area (Å²) in [6.07, 6.45) is 1.20. The van der Waals surface area contributed by atoms with E-state index in [1.54, 1.807) is 4.90 Å². The zero-order valence-electron chi connectivity index (χ0n) is 26.5. The normalized spacial score (nSPS) is 22.6. The van der Waals surface area contributed by atoms with Gasteiger partial charge in [-0.25, -0.2) is 13.6 Å². The van der Waals surface area contributed by atoms with Crippen LogP contribution < -0.4 is 9.64 Å². The van der Waals surface area contributed by atoms with Gasteiger partial charge in [-0.1, -0.05) is 12.1 Å². The molecule has 47 heavy (non-hydrogen) atoms. The van der Waals surface area contributed by atoms with Crippen molar-refractivity contribution in [2.24, 2.45) is 0 Å². The summed E-state index contributed by atoms with van der Waals surface area (Å²) in [5.41, 5.74) is -4.11. The highest BCUT2D eigenvalue weighted by molar-refractivity contribution is 5.92. The van der Waals surface area contributed by atoms with E-state index in [9.17, 15) is 22.4 Å². The SMILES string of the molecule is CC(C)(C)OC(=O)N1C2CCC1CN(c1nc(OCC34CCCN3CCC4)nc3c(F)c(-c4cccc(F)c4C(F)(F)F)ncc13)C2. The molecule has 3 aromatic rings. The summed E-state index contributed by atoms with van der Waals surface area (Å²) in [5.74, 6) is -2.35. The third-order valence-corrected chi connectivity index (χ3v) is 9.86. The molecule has 0 spiro atoms. The number of rotatable bonds is 5. The second-order valence-corrected chi connectivity index (χ2v) is 14.1. The molecule has 4 aliphatic rings. The van der Waals surface area contributed by atoms with Gasteiger partial charge in [-0.3, -0.25) is 14.8 Å². The quantitative estimate of drug-likeness (QED) is 0.284. The summed E-state index contributed by atoms with van der Waals surface area (Å²) in [4.78, 5) is 32.4. The van der Waals surface area contributed by atoms with Gasteiger partial charge in [-0.05, 0) is 78.5 Å². The Kier molecular flexibility index (Phi) is 7.72. The zero-order valence-corrected chi connectivity index (χ0v) is 26.5. The lowest BCUT2D eigenvalue weighted by atomic mass is 9.95. The molecule has 7 rings (SSSR count). The van der Waals surface area contributed by atoms with E-state index in [1.807, 2.05) is 25.7 Å². The molecule has 14 heteroatoms. The molecule has 0 saturated carbocycles. The number of fused-ring (bicyclic) bond motifs is 4. The Bertz CT molecular complexity index is 1690. The third kappa shape index (κ3) is 5.72. The molecule has 0 radical (unpaired) electrons. The summed E-state index contributed by atoms with van der Waals surface area (Å²) < 4.78 is 84.6. The molecular formula is C33H37F5N6O3. The zero-order chi connectivity index (χ0) is 33.3. The number of carbonyl (C=O) groups excluding carboxylic acids is 1. The molecule has 0 aliphatic carbocycles. The van der Waals surface area contributed by atoms with Crippen LogP contribution in [0.2, 0.25) is 0 Å². The molecule has 0 N–H and O–H groups in total. The lowest BCUT2D eigenvalue weighted by molar-refractivity contribution is -0.139. The van der Waals surface area contributed by atoms with E-state index in [0.717, 1.165) is 63.7 Å². The fraction of sp³-hybridized carbons (Fsp3) is 0.576. The van der Waals surface area contributed by atoms with Crippen LogP contribution in [0.1, 0.15) is 64.9 Å². The molecule has 252 valence electrons. The van der Waals surface area contributed by atoms with Gasteiger partial charge in [-0.15, -0.1) is 0 Å². The smallest absolute Gasteiger partial charge is 0.419 e. The summed E-state index contributed by atoms with van der Waals surface area (Å²) in [6, 6.07) is 2.26. The topological polar surface area (TPSA) is 83.9 Å². The Hall–Kier alpha value is -3.81. The number of alkyl halides is 3. The van der Waals surface area contributed by atoms with Gasteiger partial charge < -0.3 is 14.4 Å². The first-order valence-corrected chi connectivity index (χ1v) is 16.1. The Labute approximate surface area is 269 Å². The van der Waals surface area contributed by atoms with Crippen LogP contribution in [0.4, 0.5) is 32.6 Å². The number of benzene rings is 1. The number of ether oxygens (including phenoxy) is 2. The minimum absolute atomic E-state index is 0.103.